The van der Waals surface area contributed by atoms with Crippen LogP contribution in [-0.4, -0.2) is 21.9 Å². The minimum Gasteiger partial charge on any atom is -0.325 e. The van der Waals surface area contributed by atoms with Gasteiger partial charge in [0.1, 0.15) is 5.51 Å². The second-order valence-electron chi connectivity index (χ2n) is 3.50. The van der Waals surface area contributed by atoms with Crippen molar-refractivity contribution in [1.82, 2.24) is 10.2 Å². The molecule has 1 aromatic carbocycles. The van der Waals surface area contributed by atoms with E-state index in [0.29, 0.717) is 5.75 Å². The van der Waals surface area contributed by atoms with Crippen LogP contribution >= 0.6 is 39.0 Å². The number of hydrogen-bond acceptors (Lipinski definition) is 5. The maximum Gasteiger partial charge on any atom is 0.234 e. The van der Waals surface area contributed by atoms with Gasteiger partial charge in [-0.05, 0) is 30.7 Å². The number of aromatic nitrogens is 2. The number of anilines is 1. The molecule has 1 heterocycles. The van der Waals surface area contributed by atoms with Crippen molar-refractivity contribution < 1.29 is 4.79 Å². The van der Waals surface area contributed by atoms with Crippen LogP contribution in [0.1, 0.15) is 5.56 Å². The summed E-state index contributed by atoms with van der Waals surface area (Å²) in [6.07, 6.45) is 0. The van der Waals surface area contributed by atoms with Crippen molar-refractivity contribution in [3.8, 4) is 0 Å². The summed E-state index contributed by atoms with van der Waals surface area (Å²) in [5.41, 5.74) is 3.51. The summed E-state index contributed by atoms with van der Waals surface area (Å²) in [4.78, 5) is 11.8. The Morgan fingerprint density at radius 2 is 2.39 bits per heavy atom. The van der Waals surface area contributed by atoms with Crippen LogP contribution in [0.5, 0.6) is 0 Å². The van der Waals surface area contributed by atoms with Gasteiger partial charge >= 0.3 is 0 Å². The van der Waals surface area contributed by atoms with Gasteiger partial charge in [0.15, 0.2) is 4.34 Å². The van der Waals surface area contributed by atoms with E-state index >= 15 is 0 Å². The number of benzene rings is 1. The summed E-state index contributed by atoms with van der Waals surface area (Å²) in [7, 11) is 0. The molecule has 0 aliphatic heterocycles. The Morgan fingerprint density at radius 1 is 1.56 bits per heavy atom. The molecule has 0 saturated heterocycles. The number of thioether (sulfide) groups is 1. The van der Waals surface area contributed by atoms with Gasteiger partial charge in [0, 0.05) is 10.2 Å². The smallest absolute Gasteiger partial charge is 0.234 e. The largest absolute Gasteiger partial charge is 0.325 e. The number of amides is 1. The van der Waals surface area contributed by atoms with E-state index in [4.69, 9.17) is 0 Å². The molecule has 0 unspecified atom stereocenters. The third-order valence-electron chi connectivity index (χ3n) is 2.13. The molecule has 7 heteroatoms. The zero-order valence-corrected chi connectivity index (χ0v) is 12.7. The molecule has 0 saturated carbocycles. The molecule has 0 atom stereocenters. The van der Waals surface area contributed by atoms with Gasteiger partial charge in [-0.25, -0.2) is 0 Å². The third-order valence-corrected chi connectivity index (χ3v) is 4.48. The fourth-order valence-electron chi connectivity index (χ4n) is 1.31. The summed E-state index contributed by atoms with van der Waals surface area (Å²) in [5.74, 6) is 0.297. The fraction of sp³-hybridized carbons (Fsp3) is 0.182. The summed E-state index contributed by atoms with van der Waals surface area (Å²) in [6.45, 7) is 1.96. The molecule has 1 N–H and O–H groups in total. The van der Waals surface area contributed by atoms with Crippen LogP contribution in [0.3, 0.4) is 0 Å². The number of halogens is 1. The lowest BCUT2D eigenvalue weighted by atomic mass is 10.2. The minimum absolute atomic E-state index is 0.0411. The molecule has 1 amide bonds. The van der Waals surface area contributed by atoms with Crippen LogP contribution in [0.15, 0.2) is 32.5 Å². The van der Waals surface area contributed by atoms with E-state index < -0.39 is 0 Å². The molecule has 0 fully saturated rings. The molecular formula is C11H10BrN3OS2. The number of aryl methyl sites for hydroxylation is 1. The predicted molar refractivity (Wildman–Crippen MR) is 78.1 cm³/mol. The van der Waals surface area contributed by atoms with E-state index in [1.165, 1.54) is 23.1 Å². The molecule has 0 bridgehead atoms. The fourth-order valence-corrected chi connectivity index (χ4v) is 3.07. The van der Waals surface area contributed by atoms with Crippen LogP contribution in [0.25, 0.3) is 0 Å². The third kappa shape index (κ3) is 3.79. The summed E-state index contributed by atoms with van der Waals surface area (Å²) < 4.78 is 1.80. The van der Waals surface area contributed by atoms with E-state index in [0.717, 1.165) is 20.1 Å². The van der Waals surface area contributed by atoms with Crippen molar-refractivity contribution in [2.24, 2.45) is 0 Å². The highest BCUT2D eigenvalue weighted by Gasteiger charge is 2.07. The summed E-state index contributed by atoms with van der Waals surface area (Å²) in [6, 6.07) is 5.75. The molecule has 1 aromatic heterocycles. The van der Waals surface area contributed by atoms with Crippen molar-refractivity contribution in [3.63, 3.8) is 0 Å². The van der Waals surface area contributed by atoms with E-state index in [9.17, 15) is 4.79 Å². The molecule has 94 valence electrons. The molecule has 18 heavy (non-hydrogen) atoms. The van der Waals surface area contributed by atoms with Crippen molar-refractivity contribution in [1.29, 1.82) is 0 Å². The Balaban J connectivity index is 1.91. The highest BCUT2D eigenvalue weighted by molar-refractivity contribution is 9.10. The van der Waals surface area contributed by atoms with Gasteiger partial charge in [0.05, 0.1) is 5.75 Å². The second-order valence-corrected chi connectivity index (χ2v) is 6.47. The molecule has 2 aromatic rings. The molecule has 4 nitrogen and oxygen atoms in total. The molecule has 0 radical (unpaired) electrons. The van der Waals surface area contributed by atoms with E-state index in [2.05, 4.69) is 31.4 Å². The van der Waals surface area contributed by atoms with Crippen molar-refractivity contribution >= 4 is 50.6 Å². The Bertz CT molecular complexity index is 545. The van der Waals surface area contributed by atoms with E-state index in [1.54, 1.807) is 5.51 Å². The van der Waals surface area contributed by atoms with E-state index in [-0.39, 0.29) is 5.91 Å². The van der Waals surface area contributed by atoms with Crippen LogP contribution in [0.4, 0.5) is 5.69 Å². The maximum atomic E-state index is 11.8. The summed E-state index contributed by atoms with van der Waals surface area (Å²) >= 11 is 6.21. The molecule has 0 spiro atoms. The van der Waals surface area contributed by atoms with Crippen molar-refractivity contribution in [2.45, 2.75) is 11.3 Å². The normalized spacial score (nSPS) is 10.3. The lowest BCUT2D eigenvalue weighted by Gasteiger charge is -2.07. The monoisotopic (exact) mass is 343 g/mol. The van der Waals surface area contributed by atoms with Gasteiger partial charge in [-0.2, -0.15) is 0 Å². The average molecular weight is 344 g/mol. The zero-order valence-electron chi connectivity index (χ0n) is 9.51. The van der Waals surface area contributed by atoms with Crippen LogP contribution < -0.4 is 5.32 Å². The SMILES string of the molecule is Cc1cc(Br)ccc1NC(=O)CSc1nncs1. The van der Waals surface area contributed by atoms with Gasteiger partial charge in [-0.15, -0.1) is 10.2 Å². The maximum absolute atomic E-state index is 11.8. The van der Waals surface area contributed by atoms with Crippen molar-refractivity contribution in [2.75, 3.05) is 11.1 Å². The van der Waals surface area contributed by atoms with Gasteiger partial charge in [0.2, 0.25) is 5.91 Å². The molecule has 2 rings (SSSR count). The highest BCUT2D eigenvalue weighted by Crippen LogP contribution is 2.22. The number of nitrogens with zero attached hydrogens (tertiary/aromatic N) is 2. The van der Waals surface area contributed by atoms with Crippen molar-refractivity contribution in [3.05, 3.63) is 33.7 Å². The highest BCUT2D eigenvalue weighted by atomic mass is 79.9. The van der Waals surface area contributed by atoms with Crippen LogP contribution in [0.2, 0.25) is 0 Å². The first-order valence-corrected chi connectivity index (χ1v) is 7.76. The number of rotatable bonds is 4. The van der Waals surface area contributed by atoms with Gasteiger partial charge in [-0.1, -0.05) is 39.0 Å². The first-order chi connectivity index (χ1) is 8.65. The van der Waals surface area contributed by atoms with Crippen LogP contribution in [0, 0.1) is 6.92 Å². The van der Waals surface area contributed by atoms with E-state index in [1.807, 2.05) is 25.1 Å². The average Bonchev–Trinajstić information content (AvgIpc) is 2.83. The standard InChI is InChI=1S/C11H10BrN3OS2/c1-7-4-8(12)2-3-9(7)14-10(16)5-17-11-15-13-6-18-11/h2-4,6H,5H2,1H3,(H,14,16). The Hall–Kier alpha value is -0.920. The number of carbonyl (C=O) groups is 1. The summed E-state index contributed by atoms with van der Waals surface area (Å²) in [5, 5.41) is 10.5. The molecule has 0 aliphatic rings. The first kappa shape index (κ1) is 13.5. The second kappa shape index (κ2) is 6.31. The zero-order chi connectivity index (χ0) is 13.0. The Kier molecular flexibility index (Phi) is 4.73. The Labute approximate surface area is 121 Å². The number of nitrogens with one attached hydrogen (secondary N) is 1. The molecule has 0 aliphatic carbocycles. The lowest BCUT2D eigenvalue weighted by molar-refractivity contribution is -0.113. The lowest BCUT2D eigenvalue weighted by Crippen LogP contribution is -2.14. The topological polar surface area (TPSA) is 54.9 Å². The van der Waals surface area contributed by atoms with Crippen LogP contribution in [-0.2, 0) is 4.79 Å². The number of carbonyl (C=O) groups excluding carboxylic acids is 1. The first-order valence-electron chi connectivity index (χ1n) is 5.10. The number of hydrogen-bond donors (Lipinski definition) is 1. The van der Waals surface area contributed by atoms with Gasteiger partial charge < -0.3 is 5.32 Å². The quantitative estimate of drug-likeness (QED) is 0.865. The minimum atomic E-state index is -0.0411. The van der Waals surface area contributed by atoms with Gasteiger partial charge in [0.25, 0.3) is 0 Å². The predicted octanol–water partition coefficient (Wildman–Crippen LogP) is 3.34. The van der Waals surface area contributed by atoms with Gasteiger partial charge in [-0.3, -0.25) is 4.79 Å². The molecular weight excluding hydrogens is 334 g/mol. The Morgan fingerprint density at radius 3 is 3.06 bits per heavy atom.